The number of unbranched alkanes of at least 4 members (excludes halogenated alkanes) is 2. The van der Waals surface area contributed by atoms with Crippen LogP contribution in [0.4, 0.5) is 5.69 Å². The number of ketones is 1. The highest BCUT2D eigenvalue weighted by atomic mass is 32.2. The molecule has 1 N–H and O–H groups in total. The third-order valence-electron chi connectivity index (χ3n) is 4.41. The number of anilines is 1. The predicted octanol–water partition coefficient (Wildman–Crippen LogP) is 4.57. The van der Waals surface area contributed by atoms with Gasteiger partial charge in [-0.15, -0.1) is 10.2 Å². The molecular formula is C21H24N4O3S. The van der Waals surface area contributed by atoms with E-state index in [1.165, 1.54) is 11.8 Å². The Bertz CT molecular complexity index is 949. The highest BCUT2D eigenvalue weighted by molar-refractivity contribution is 7.99. The molecule has 3 rings (SSSR count). The summed E-state index contributed by atoms with van der Waals surface area (Å²) in [5, 5.41) is 11.8. The van der Waals surface area contributed by atoms with Crippen LogP contribution in [-0.4, -0.2) is 32.2 Å². The molecule has 0 atom stereocenters. The van der Waals surface area contributed by atoms with Crippen molar-refractivity contribution in [3.8, 4) is 11.6 Å². The van der Waals surface area contributed by atoms with Crippen molar-refractivity contribution in [2.24, 2.45) is 7.05 Å². The highest BCUT2D eigenvalue weighted by Gasteiger charge is 2.15. The maximum absolute atomic E-state index is 12.5. The number of nitrogens with one attached hydrogen (secondary N) is 1. The molecule has 0 saturated heterocycles. The molecule has 0 bridgehead atoms. The van der Waals surface area contributed by atoms with Crippen molar-refractivity contribution in [3.63, 3.8) is 0 Å². The molecule has 1 aromatic carbocycles. The van der Waals surface area contributed by atoms with Gasteiger partial charge < -0.3 is 14.3 Å². The number of aromatic nitrogens is 3. The molecular weight excluding hydrogens is 388 g/mol. The van der Waals surface area contributed by atoms with Crippen molar-refractivity contribution in [2.45, 2.75) is 37.8 Å². The van der Waals surface area contributed by atoms with Crippen molar-refractivity contribution in [1.82, 2.24) is 14.8 Å². The van der Waals surface area contributed by atoms with Crippen LogP contribution in [0.1, 0.15) is 43.0 Å². The van der Waals surface area contributed by atoms with E-state index < -0.39 is 0 Å². The first-order chi connectivity index (χ1) is 14.1. The van der Waals surface area contributed by atoms with Crippen molar-refractivity contribution < 1.29 is 14.0 Å². The lowest BCUT2D eigenvalue weighted by atomic mass is 10.1. The van der Waals surface area contributed by atoms with E-state index in [-0.39, 0.29) is 17.4 Å². The number of Topliss-reactive ketones (excluding diaryl/α,β-unsaturated/α-hetero) is 1. The Labute approximate surface area is 173 Å². The second-order valence-electron chi connectivity index (χ2n) is 6.64. The number of furan rings is 1. The summed E-state index contributed by atoms with van der Waals surface area (Å²) in [6.45, 7) is 2.11. The molecule has 0 aliphatic carbocycles. The van der Waals surface area contributed by atoms with E-state index in [0.717, 1.165) is 19.3 Å². The first-order valence-electron chi connectivity index (χ1n) is 9.57. The Balaban J connectivity index is 1.53. The van der Waals surface area contributed by atoms with Crippen LogP contribution in [-0.2, 0) is 11.8 Å². The molecule has 0 aliphatic heterocycles. The van der Waals surface area contributed by atoms with E-state index in [2.05, 4.69) is 22.4 Å². The van der Waals surface area contributed by atoms with Gasteiger partial charge in [0.15, 0.2) is 22.5 Å². The Morgan fingerprint density at radius 1 is 1.14 bits per heavy atom. The van der Waals surface area contributed by atoms with E-state index >= 15 is 0 Å². The minimum absolute atomic E-state index is 0.00252. The summed E-state index contributed by atoms with van der Waals surface area (Å²) in [6.07, 6.45) is 5.12. The summed E-state index contributed by atoms with van der Waals surface area (Å²) in [5.41, 5.74) is 1.29. The Morgan fingerprint density at radius 3 is 2.62 bits per heavy atom. The van der Waals surface area contributed by atoms with Gasteiger partial charge in [-0.25, -0.2) is 0 Å². The van der Waals surface area contributed by atoms with E-state index in [1.54, 1.807) is 41.2 Å². The molecule has 3 aromatic rings. The molecule has 2 aromatic heterocycles. The SMILES string of the molecule is CCCCCC(=O)Nc1ccc(C(=O)CSc2nnc(-c3ccco3)n2C)cc1. The van der Waals surface area contributed by atoms with Crippen LogP contribution in [0, 0.1) is 0 Å². The van der Waals surface area contributed by atoms with Gasteiger partial charge in [0, 0.05) is 24.7 Å². The summed E-state index contributed by atoms with van der Waals surface area (Å²) in [7, 11) is 1.84. The number of hydrogen-bond donors (Lipinski definition) is 1. The molecule has 0 fully saturated rings. The lowest BCUT2D eigenvalue weighted by Gasteiger charge is -2.06. The molecule has 29 heavy (non-hydrogen) atoms. The second-order valence-corrected chi connectivity index (χ2v) is 7.58. The Hall–Kier alpha value is -2.87. The zero-order valence-electron chi connectivity index (χ0n) is 16.6. The number of benzene rings is 1. The van der Waals surface area contributed by atoms with E-state index in [4.69, 9.17) is 4.42 Å². The average molecular weight is 413 g/mol. The van der Waals surface area contributed by atoms with E-state index in [0.29, 0.717) is 34.4 Å². The van der Waals surface area contributed by atoms with Gasteiger partial charge in [-0.1, -0.05) is 31.5 Å². The van der Waals surface area contributed by atoms with E-state index in [9.17, 15) is 9.59 Å². The summed E-state index contributed by atoms with van der Waals surface area (Å²) < 4.78 is 7.14. The topological polar surface area (TPSA) is 90.0 Å². The maximum atomic E-state index is 12.5. The number of carbonyl (C=O) groups is 2. The normalized spacial score (nSPS) is 10.8. The van der Waals surface area contributed by atoms with Gasteiger partial charge in [0.05, 0.1) is 12.0 Å². The summed E-state index contributed by atoms with van der Waals surface area (Å²) >= 11 is 1.32. The number of nitrogens with zero attached hydrogens (tertiary/aromatic N) is 3. The number of thioether (sulfide) groups is 1. The minimum Gasteiger partial charge on any atom is -0.461 e. The van der Waals surface area contributed by atoms with Crippen LogP contribution in [0.25, 0.3) is 11.6 Å². The molecule has 0 spiro atoms. The van der Waals surface area contributed by atoms with Crippen molar-refractivity contribution >= 4 is 29.1 Å². The zero-order valence-corrected chi connectivity index (χ0v) is 17.4. The molecule has 152 valence electrons. The molecule has 0 radical (unpaired) electrons. The quantitative estimate of drug-likeness (QED) is 0.298. The smallest absolute Gasteiger partial charge is 0.224 e. The van der Waals surface area contributed by atoms with Crippen molar-refractivity contribution in [3.05, 3.63) is 48.2 Å². The van der Waals surface area contributed by atoms with Gasteiger partial charge >= 0.3 is 0 Å². The van der Waals surface area contributed by atoms with Crippen LogP contribution in [0.3, 0.4) is 0 Å². The molecule has 2 heterocycles. The van der Waals surface area contributed by atoms with Crippen LogP contribution >= 0.6 is 11.8 Å². The Kier molecular flexibility index (Phi) is 7.24. The highest BCUT2D eigenvalue weighted by Crippen LogP contribution is 2.23. The fourth-order valence-corrected chi connectivity index (χ4v) is 3.58. The number of rotatable bonds is 10. The van der Waals surface area contributed by atoms with Crippen LogP contribution in [0.2, 0.25) is 0 Å². The molecule has 8 heteroatoms. The first kappa shape index (κ1) is 20.9. The predicted molar refractivity (Wildman–Crippen MR) is 113 cm³/mol. The van der Waals surface area contributed by atoms with E-state index in [1.807, 2.05) is 13.1 Å². The second kappa shape index (κ2) is 10.1. The fourth-order valence-electron chi connectivity index (χ4n) is 2.77. The molecule has 1 amide bonds. The lowest BCUT2D eigenvalue weighted by Crippen LogP contribution is -2.11. The maximum Gasteiger partial charge on any atom is 0.224 e. The summed E-state index contributed by atoms with van der Waals surface area (Å²) in [5.74, 6) is 1.47. The van der Waals surface area contributed by atoms with Gasteiger partial charge in [0.25, 0.3) is 0 Å². The molecule has 0 unspecified atom stereocenters. The molecule has 0 saturated carbocycles. The summed E-state index contributed by atoms with van der Waals surface area (Å²) in [6, 6.07) is 10.6. The number of amides is 1. The van der Waals surface area contributed by atoms with Gasteiger partial charge in [0.2, 0.25) is 5.91 Å². The molecule has 7 nitrogen and oxygen atoms in total. The summed E-state index contributed by atoms with van der Waals surface area (Å²) in [4.78, 5) is 24.4. The average Bonchev–Trinajstić information content (AvgIpc) is 3.36. The van der Waals surface area contributed by atoms with Gasteiger partial charge in [0.1, 0.15) is 0 Å². The third kappa shape index (κ3) is 5.57. The van der Waals surface area contributed by atoms with Gasteiger partial charge in [-0.05, 0) is 42.8 Å². The largest absolute Gasteiger partial charge is 0.461 e. The number of hydrogen-bond acceptors (Lipinski definition) is 6. The van der Waals surface area contributed by atoms with Crippen LogP contribution in [0.15, 0.2) is 52.2 Å². The zero-order chi connectivity index (χ0) is 20.6. The number of carbonyl (C=O) groups excluding carboxylic acids is 2. The Morgan fingerprint density at radius 2 is 1.93 bits per heavy atom. The minimum atomic E-state index is -0.0154. The first-order valence-corrected chi connectivity index (χ1v) is 10.6. The van der Waals surface area contributed by atoms with Gasteiger partial charge in [-0.2, -0.15) is 0 Å². The van der Waals surface area contributed by atoms with Crippen LogP contribution in [0.5, 0.6) is 0 Å². The fraction of sp³-hybridized carbons (Fsp3) is 0.333. The monoisotopic (exact) mass is 412 g/mol. The van der Waals surface area contributed by atoms with Gasteiger partial charge in [-0.3, -0.25) is 9.59 Å². The standard InChI is InChI=1S/C21H24N4O3S/c1-3-4-5-8-19(27)22-16-11-9-15(10-12-16)17(26)14-29-21-24-23-20(25(21)2)18-7-6-13-28-18/h6-7,9-13H,3-5,8,14H2,1-2H3,(H,22,27). The van der Waals surface area contributed by atoms with Crippen LogP contribution < -0.4 is 5.32 Å². The lowest BCUT2D eigenvalue weighted by molar-refractivity contribution is -0.116. The molecule has 0 aliphatic rings. The van der Waals surface area contributed by atoms with Crippen molar-refractivity contribution in [1.29, 1.82) is 0 Å². The third-order valence-corrected chi connectivity index (χ3v) is 5.43. The van der Waals surface area contributed by atoms with Crippen molar-refractivity contribution in [2.75, 3.05) is 11.1 Å².